The quantitative estimate of drug-likeness (QED) is 0.643. The van der Waals surface area contributed by atoms with Crippen LogP contribution in [0.3, 0.4) is 0 Å². The van der Waals surface area contributed by atoms with Gasteiger partial charge in [-0.2, -0.15) is 0 Å². The van der Waals surface area contributed by atoms with Crippen molar-refractivity contribution in [2.45, 2.75) is 59.0 Å². The number of amides is 2. The first-order valence-corrected chi connectivity index (χ1v) is 11.6. The highest BCUT2D eigenvalue weighted by atomic mass is 35.5. The number of carbonyl (C=O) groups excluding carboxylic acids is 2. The van der Waals surface area contributed by atoms with Crippen LogP contribution in [-0.2, 0) is 4.79 Å². The minimum absolute atomic E-state index is 0.0214. The lowest BCUT2D eigenvalue weighted by Gasteiger charge is -2.37. The Morgan fingerprint density at radius 3 is 2.60 bits per heavy atom. The molecule has 0 spiro atoms. The van der Waals surface area contributed by atoms with Crippen molar-refractivity contribution in [3.63, 3.8) is 0 Å². The van der Waals surface area contributed by atoms with Crippen molar-refractivity contribution in [1.82, 2.24) is 16.0 Å². The fraction of sp³-hybridized carbons (Fsp3) is 0.652. The second-order valence-electron chi connectivity index (χ2n) is 8.80. The van der Waals surface area contributed by atoms with Gasteiger partial charge in [-0.25, -0.2) is 0 Å². The molecule has 0 saturated carbocycles. The van der Waals surface area contributed by atoms with Crippen molar-refractivity contribution in [2.75, 3.05) is 31.1 Å². The summed E-state index contributed by atoms with van der Waals surface area (Å²) in [5, 5.41) is 9.95. The van der Waals surface area contributed by atoms with E-state index in [4.69, 9.17) is 11.6 Å². The molecule has 1 aromatic rings. The molecule has 166 valence electrons. The van der Waals surface area contributed by atoms with Crippen LogP contribution in [0.4, 0.5) is 5.69 Å². The van der Waals surface area contributed by atoms with Crippen molar-refractivity contribution in [2.24, 2.45) is 11.8 Å². The Hall–Kier alpha value is -1.79. The summed E-state index contributed by atoms with van der Waals surface area (Å²) in [6.07, 6.45) is 3.08. The first-order valence-electron chi connectivity index (χ1n) is 11.2. The summed E-state index contributed by atoms with van der Waals surface area (Å²) in [5.41, 5.74) is 2.55. The lowest BCUT2D eigenvalue weighted by atomic mass is 9.84. The van der Waals surface area contributed by atoms with E-state index in [0.717, 1.165) is 50.1 Å². The van der Waals surface area contributed by atoms with Crippen molar-refractivity contribution in [1.29, 1.82) is 0 Å². The zero-order chi connectivity index (χ0) is 21.8. The van der Waals surface area contributed by atoms with E-state index in [1.807, 2.05) is 19.9 Å². The molecular weight excluding hydrogens is 400 g/mol. The van der Waals surface area contributed by atoms with Gasteiger partial charge in [0, 0.05) is 41.4 Å². The number of rotatable bonds is 6. The van der Waals surface area contributed by atoms with E-state index in [9.17, 15) is 9.59 Å². The molecule has 1 aromatic carbocycles. The van der Waals surface area contributed by atoms with E-state index >= 15 is 0 Å². The smallest absolute Gasteiger partial charge is 0.251 e. The Labute approximate surface area is 185 Å². The highest BCUT2D eigenvalue weighted by Crippen LogP contribution is 2.31. The predicted octanol–water partition coefficient (Wildman–Crippen LogP) is 3.12. The molecule has 0 radical (unpaired) electrons. The van der Waals surface area contributed by atoms with Gasteiger partial charge in [-0.05, 0) is 76.7 Å². The second-order valence-corrected chi connectivity index (χ2v) is 9.24. The molecule has 0 bridgehead atoms. The number of piperidine rings is 2. The number of halogens is 1. The summed E-state index contributed by atoms with van der Waals surface area (Å²) < 4.78 is 0. The Balaban J connectivity index is 1.77. The maximum Gasteiger partial charge on any atom is 0.251 e. The van der Waals surface area contributed by atoms with Gasteiger partial charge in [0.15, 0.2) is 0 Å². The zero-order valence-electron chi connectivity index (χ0n) is 18.6. The molecule has 0 aromatic heterocycles. The highest BCUT2D eigenvalue weighted by molar-refractivity contribution is 6.31. The number of nitrogens with one attached hydrogen (secondary N) is 3. The van der Waals surface area contributed by atoms with Crippen molar-refractivity contribution in [3.05, 3.63) is 28.3 Å². The summed E-state index contributed by atoms with van der Waals surface area (Å²) in [4.78, 5) is 27.8. The minimum atomic E-state index is -0.203. The van der Waals surface area contributed by atoms with Crippen molar-refractivity contribution in [3.8, 4) is 0 Å². The molecule has 3 N–H and O–H groups in total. The van der Waals surface area contributed by atoms with Gasteiger partial charge < -0.3 is 20.9 Å². The van der Waals surface area contributed by atoms with Gasteiger partial charge in [0.25, 0.3) is 5.91 Å². The molecule has 0 aliphatic carbocycles. The molecule has 2 aliphatic heterocycles. The molecule has 2 amide bonds. The van der Waals surface area contributed by atoms with E-state index in [0.29, 0.717) is 23.2 Å². The lowest BCUT2D eigenvalue weighted by Crippen LogP contribution is -2.50. The van der Waals surface area contributed by atoms with Crippen LogP contribution in [0, 0.1) is 18.8 Å². The third-order valence-electron chi connectivity index (χ3n) is 6.61. The Kier molecular flexibility index (Phi) is 7.64. The van der Waals surface area contributed by atoms with Gasteiger partial charge in [0.1, 0.15) is 0 Å². The monoisotopic (exact) mass is 434 g/mol. The standard InChI is InChI=1S/C23H35ClN4O2/c1-5-28(18-6-8-25-9-7-18)21-12-17(24)11-19(16(21)4)22(29)26-13-20-14(2)10-15(3)27-23(20)30/h11-12,14-15,18,20,25H,5-10,13H2,1-4H3,(H,26,29)(H,27,30). The molecule has 2 fully saturated rings. The topological polar surface area (TPSA) is 73.5 Å². The molecule has 3 unspecified atom stereocenters. The normalized spacial score (nSPS) is 25.0. The molecule has 2 saturated heterocycles. The Morgan fingerprint density at radius 2 is 1.97 bits per heavy atom. The summed E-state index contributed by atoms with van der Waals surface area (Å²) in [7, 11) is 0. The van der Waals surface area contributed by atoms with Crippen LogP contribution in [0.15, 0.2) is 12.1 Å². The average Bonchev–Trinajstić information content (AvgIpc) is 2.70. The van der Waals surface area contributed by atoms with Crippen molar-refractivity contribution < 1.29 is 9.59 Å². The third-order valence-corrected chi connectivity index (χ3v) is 6.83. The highest BCUT2D eigenvalue weighted by Gasteiger charge is 2.32. The van der Waals surface area contributed by atoms with Gasteiger partial charge in [0.2, 0.25) is 5.91 Å². The lowest BCUT2D eigenvalue weighted by molar-refractivity contribution is -0.129. The summed E-state index contributed by atoms with van der Waals surface area (Å²) in [6, 6.07) is 4.33. The number of nitrogens with zero attached hydrogens (tertiary/aromatic N) is 1. The maximum atomic E-state index is 13.0. The molecule has 2 aliphatic rings. The minimum Gasteiger partial charge on any atom is -0.368 e. The molecular formula is C23H35ClN4O2. The van der Waals surface area contributed by atoms with Gasteiger partial charge >= 0.3 is 0 Å². The summed E-state index contributed by atoms with van der Waals surface area (Å²) in [6.45, 7) is 11.4. The molecule has 3 rings (SSSR count). The average molecular weight is 435 g/mol. The number of benzene rings is 1. The second kappa shape index (κ2) is 10.0. The number of anilines is 1. The van der Waals surface area contributed by atoms with E-state index < -0.39 is 0 Å². The SMILES string of the molecule is CCN(c1cc(Cl)cc(C(=O)NCC2C(=O)NC(C)CC2C)c1C)C1CCNCC1. The Bertz CT molecular complexity index is 779. The van der Waals surface area contributed by atoms with Crippen LogP contribution < -0.4 is 20.9 Å². The first-order chi connectivity index (χ1) is 14.3. The maximum absolute atomic E-state index is 13.0. The fourth-order valence-electron chi connectivity index (χ4n) is 4.92. The van der Waals surface area contributed by atoms with Gasteiger partial charge in [-0.3, -0.25) is 9.59 Å². The van der Waals surface area contributed by atoms with E-state index in [2.05, 4.69) is 34.7 Å². The third kappa shape index (κ3) is 5.09. The van der Waals surface area contributed by atoms with E-state index in [1.165, 1.54) is 0 Å². The molecule has 3 atom stereocenters. The molecule has 2 heterocycles. The molecule has 30 heavy (non-hydrogen) atoms. The molecule has 6 nitrogen and oxygen atoms in total. The molecule has 7 heteroatoms. The van der Waals surface area contributed by atoms with Crippen LogP contribution in [0.2, 0.25) is 5.02 Å². The first kappa shape index (κ1) is 22.9. The fourth-order valence-corrected chi connectivity index (χ4v) is 5.14. The van der Waals surface area contributed by atoms with Crippen LogP contribution in [0.1, 0.15) is 56.0 Å². The zero-order valence-corrected chi connectivity index (χ0v) is 19.3. The number of hydrogen-bond acceptors (Lipinski definition) is 4. The van der Waals surface area contributed by atoms with Crippen LogP contribution in [0.25, 0.3) is 0 Å². The summed E-state index contributed by atoms with van der Waals surface area (Å²) in [5.74, 6) is -0.115. The largest absolute Gasteiger partial charge is 0.368 e. The van der Waals surface area contributed by atoms with Crippen LogP contribution in [-0.4, -0.2) is 50.1 Å². The van der Waals surface area contributed by atoms with Crippen LogP contribution in [0.5, 0.6) is 0 Å². The van der Waals surface area contributed by atoms with E-state index in [-0.39, 0.29) is 29.7 Å². The number of carbonyl (C=O) groups is 2. The van der Waals surface area contributed by atoms with Gasteiger partial charge in [-0.15, -0.1) is 0 Å². The number of hydrogen-bond donors (Lipinski definition) is 3. The van der Waals surface area contributed by atoms with Gasteiger partial charge in [0.05, 0.1) is 5.92 Å². The van der Waals surface area contributed by atoms with Gasteiger partial charge in [-0.1, -0.05) is 18.5 Å². The van der Waals surface area contributed by atoms with Crippen molar-refractivity contribution >= 4 is 29.1 Å². The van der Waals surface area contributed by atoms with Crippen LogP contribution >= 0.6 is 11.6 Å². The van der Waals surface area contributed by atoms with E-state index in [1.54, 1.807) is 6.07 Å². The predicted molar refractivity (Wildman–Crippen MR) is 122 cm³/mol. The Morgan fingerprint density at radius 1 is 1.27 bits per heavy atom. The summed E-state index contributed by atoms with van der Waals surface area (Å²) >= 11 is 6.43.